The third-order valence-electron chi connectivity index (χ3n) is 3.77. The summed E-state index contributed by atoms with van der Waals surface area (Å²) in [6.07, 6.45) is 2.61. The molecule has 0 atom stereocenters. The first-order chi connectivity index (χ1) is 9.62. The summed E-state index contributed by atoms with van der Waals surface area (Å²) < 4.78 is 5.45. The van der Waals surface area contributed by atoms with Gasteiger partial charge in [-0.25, -0.2) is 0 Å². The van der Waals surface area contributed by atoms with Crippen molar-refractivity contribution in [2.45, 2.75) is 31.2 Å². The fourth-order valence-corrected chi connectivity index (χ4v) is 2.75. The lowest BCUT2D eigenvalue weighted by molar-refractivity contribution is -0.137. The lowest BCUT2D eigenvalue weighted by Crippen LogP contribution is -2.47. The highest BCUT2D eigenvalue weighted by Crippen LogP contribution is 2.32. The van der Waals surface area contributed by atoms with E-state index >= 15 is 0 Å². The maximum absolute atomic E-state index is 10.6. The van der Waals surface area contributed by atoms with E-state index in [4.69, 9.17) is 21.4 Å². The van der Waals surface area contributed by atoms with Crippen molar-refractivity contribution in [1.82, 2.24) is 5.32 Å². The molecule has 6 heteroatoms. The van der Waals surface area contributed by atoms with Crippen molar-refractivity contribution in [2.75, 3.05) is 19.8 Å². The average Bonchev–Trinajstić information content (AvgIpc) is 2.45. The molecule has 118 valence electrons. The number of aliphatic carboxylic acids is 1. The van der Waals surface area contributed by atoms with Gasteiger partial charge >= 0.3 is 5.97 Å². The standard InChI is InChI=1S/C15H20ClNO3.ClH/c16-13-5-3-12(4-6-13)15(7-10-20-11-8-15)17-9-1-2-14(18)19;/h3-6,17H,1-2,7-11H2,(H,18,19);1H. The fraction of sp³-hybridized carbons (Fsp3) is 0.533. The third kappa shape index (κ3) is 5.15. The van der Waals surface area contributed by atoms with E-state index < -0.39 is 5.97 Å². The predicted molar refractivity (Wildman–Crippen MR) is 85.3 cm³/mol. The zero-order valence-electron chi connectivity index (χ0n) is 11.8. The number of rotatable bonds is 6. The van der Waals surface area contributed by atoms with Crippen molar-refractivity contribution in [3.63, 3.8) is 0 Å². The second-order valence-corrected chi connectivity index (χ2v) is 5.56. The van der Waals surface area contributed by atoms with E-state index in [2.05, 4.69) is 5.32 Å². The molecule has 0 radical (unpaired) electrons. The molecule has 21 heavy (non-hydrogen) atoms. The van der Waals surface area contributed by atoms with Crippen LogP contribution in [0, 0.1) is 0 Å². The van der Waals surface area contributed by atoms with Crippen LogP contribution in [-0.2, 0) is 15.1 Å². The summed E-state index contributed by atoms with van der Waals surface area (Å²) >= 11 is 5.95. The summed E-state index contributed by atoms with van der Waals surface area (Å²) in [5.41, 5.74) is 1.07. The number of carboxylic acids is 1. The largest absolute Gasteiger partial charge is 0.481 e. The van der Waals surface area contributed by atoms with Gasteiger partial charge in [-0.2, -0.15) is 0 Å². The summed E-state index contributed by atoms with van der Waals surface area (Å²) in [6, 6.07) is 7.87. The Morgan fingerprint density at radius 3 is 2.48 bits per heavy atom. The number of halogens is 2. The smallest absolute Gasteiger partial charge is 0.303 e. The molecule has 2 rings (SSSR count). The number of benzene rings is 1. The molecule has 2 N–H and O–H groups in total. The minimum absolute atomic E-state index is 0. The van der Waals surface area contributed by atoms with Gasteiger partial charge in [-0.1, -0.05) is 23.7 Å². The molecule has 1 saturated heterocycles. The van der Waals surface area contributed by atoms with Crippen molar-refractivity contribution in [3.05, 3.63) is 34.9 Å². The molecule has 0 aromatic heterocycles. The van der Waals surface area contributed by atoms with Gasteiger partial charge in [0.05, 0.1) is 0 Å². The number of carboxylic acid groups (broad SMARTS) is 1. The number of ether oxygens (including phenoxy) is 1. The molecule has 4 nitrogen and oxygen atoms in total. The zero-order chi connectivity index (χ0) is 14.4. The maximum Gasteiger partial charge on any atom is 0.303 e. The monoisotopic (exact) mass is 333 g/mol. The van der Waals surface area contributed by atoms with Gasteiger partial charge in [-0.05, 0) is 43.5 Å². The van der Waals surface area contributed by atoms with E-state index in [9.17, 15) is 4.79 Å². The van der Waals surface area contributed by atoms with Gasteiger partial charge in [0.2, 0.25) is 0 Å². The first-order valence-electron chi connectivity index (χ1n) is 6.93. The van der Waals surface area contributed by atoms with E-state index in [1.807, 2.05) is 24.3 Å². The van der Waals surface area contributed by atoms with Crippen molar-refractivity contribution < 1.29 is 14.6 Å². The summed E-state index contributed by atoms with van der Waals surface area (Å²) in [7, 11) is 0. The Balaban J connectivity index is 0.00000220. The Morgan fingerprint density at radius 1 is 1.29 bits per heavy atom. The molecule has 0 aliphatic carbocycles. The minimum atomic E-state index is -0.751. The molecule has 0 unspecified atom stereocenters. The van der Waals surface area contributed by atoms with Crippen LogP contribution in [0.2, 0.25) is 5.02 Å². The van der Waals surface area contributed by atoms with Crippen LogP contribution in [0.3, 0.4) is 0 Å². The first-order valence-corrected chi connectivity index (χ1v) is 7.31. The number of carbonyl (C=O) groups is 1. The van der Waals surface area contributed by atoms with E-state index in [1.165, 1.54) is 5.56 Å². The molecular weight excluding hydrogens is 313 g/mol. The highest BCUT2D eigenvalue weighted by molar-refractivity contribution is 6.30. The maximum atomic E-state index is 10.6. The van der Waals surface area contributed by atoms with Crippen molar-refractivity contribution >= 4 is 30.0 Å². The van der Waals surface area contributed by atoms with Crippen LogP contribution in [0.4, 0.5) is 0 Å². The molecule has 0 bridgehead atoms. The number of nitrogens with one attached hydrogen (secondary N) is 1. The Bertz CT molecular complexity index is 445. The second kappa shape index (κ2) is 8.59. The van der Waals surface area contributed by atoms with Gasteiger partial charge in [-0.3, -0.25) is 4.79 Å². The Kier molecular flexibility index (Phi) is 7.46. The molecule has 1 aliphatic rings. The van der Waals surface area contributed by atoms with Gasteiger partial charge in [0.15, 0.2) is 0 Å². The molecule has 0 amide bonds. The first kappa shape index (κ1) is 18.2. The molecule has 1 fully saturated rings. The number of hydrogen-bond acceptors (Lipinski definition) is 3. The fourth-order valence-electron chi connectivity index (χ4n) is 2.62. The molecule has 1 heterocycles. The lowest BCUT2D eigenvalue weighted by atomic mass is 9.82. The van der Waals surface area contributed by atoms with E-state index in [0.29, 0.717) is 26.2 Å². The predicted octanol–water partition coefficient (Wildman–Crippen LogP) is 3.22. The number of hydrogen-bond donors (Lipinski definition) is 2. The van der Waals surface area contributed by atoms with Crippen LogP contribution in [0.5, 0.6) is 0 Å². The molecule has 1 aromatic rings. The summed E-state index contributed by atoms with van der Waals surface area (Å²) in [4.78, 5) is 10.6. The van der Waals surface area contributed by atoms with Crippen LogP contribution in [0.15, 0.2) is 24.3 Å². The van der Waals surface area contributed by atoms with Gasteiger partial charge in [0.25, 0.3) is 0 Å². The highest BCUT2D eigenvalue weighted by Gasteiger charge is 2.33. The third-order valence-corrected chi connectivity index (χ3v) is 4.03. The normalized spacial score (nSPS) is 17.0. The SMILES string of the molecule is Cl.O=C(O)CCCNC1(c2ccc(Cl)cc2)CCOCC1. The zero-order valence-corrected chi connectivity index (χ0v) is 13.4. The lowest BCUT2D eigenvalue weighted by Gasteiger charge is -2.39. The van der Waals surface area contributed by atoms with Crippen molar-refractivity contribution in [2.24, 2.45) is 0 Å². The molecular formula is C15H21Cl2NO3. The van der Waals surface area contributed by atoms with Crippen LogP contribution in [-0.4, -0.2) is 30.8 Å². The quantitative estimate of drug-likeness (QED) is 0.785. The molecule has 0 saturated carbocycles. The topological polar surface area (TPSA) is 58.6 Å². The van der Waals surface area contributed by atoms with Crippen LogP contribution >= 0.6 is 24.0 Å². The van der Waals surface area contributed by atoms with Crippen LogP contribution < -0.4 is 5.32 Å². The van der Waals surface area contributed by atoms with E-state index in [0.717, 1.165) is 17.9 Å². The minimum Gasteiger partial charge on any atom is -0.481 e. The van der Waals surface area contributed by atoms with Gasteiger partial charge in [-0.15, -0.1) is 12.4 Å². The van der Waals surface area contributed by atoms with Gasteiger partial charge in [0.1, 0.15) is 0 Å². The van der Waals surface area contributed by atoms with Crippen molar-refractivity contribution in [3.8, 4) is 0 Å². The van der Waals surface area contributed by atoms with Crippen LogP contribution in [0.1, 0.15) is 31.2 Å². The van der Waals surface area contributed by atoms with Crippen molar-refractivity contribution in [1.29, 1.82) is 0 Å². The summed E-state index contributed by atoms with van der Waals surface area (Å²) in [5, 5.41) is 13.0. The summed E-state index contributed by atoms with van der Waals surface area (Å²) in [6.45, 7) is 2.12. The van der Waals surface area contributed by atoms with Gasteiger partial charge in [0, 0.05) is 30.2 Å². The van der Waals surface area contributed by atoms with E-state index in [-0.39, 0.29) is 24.4 Å². The van der Waals surface area contributed by atoms with Crippen LogP contribution in [0.25, 0.3) is 0 Å². The average molecular weight is 334 g/mol. The second-order valence-electron chi connectivity index (χ2n) is 5.13. The molecule has 1 aromatic carbocycles. The molecule has 1 aliphatic heterocycles. The van der Waals surface area contributed by atoms with E-state index in [1.54, 1.807) is 0 Å². The molecule has 0 spiro atoms. The Morgan fingerprint density at radius 2 is 1.90 bits per heavy atom. The summed E-state index contributed by atoms with van der Waals surface area (Å²) in [5.74, 6) is -0.751. The van der Waals surface area contributed by atoms with Gasteiger partial charge < -0.3 is 15.2 Å². The Hall–Kier alpha value is -0.810. The highest BCUT2D eigenvalue weighted by atomic mass is 35.5. The Labute approximate surface area is 136 Å².